The van der Waals surface area contributed by atoms with E-state index in [0.717, 1.165) is 12.0 Å². The fourth-order valence-electron chi connectivity index (χ4n) is 3.73. The van der Waals surface area contributed by atoms with Crippen molar-refractivity contribution < 1.29 is 9.59 Å². The normalized spacial score (nSPS) is 10.8. The lowest BCUT2D eigenvalue weighted by atomic mass is 10.0. The van der Waals surface area contributed by atoms with Gasteiger partial charge >= 0.3 is 0 Å². The zero-order chi connectivity index (χ0) is 22.7. The Kier molecular flexibility index (Phi) is 5.99. The first kappa shape index (κ1) is 21.2. The molecule has 0 spiro atoms. The molecule has 5 heteroatoms. The number of nitrogens with one attached hydrogen (secondary N) is 1. The SMILES string of the molecule is CCc1ccc(NC(=O)Cn2cc(C(=O)c3ccccc3)c(=O)c3cc(C)ccc32)cc1. The van der Waals surface area contributed by atoms with Crippen molar-refractivity contribution in [1.82, 2.24) is 4.57 Å². The molecule has 4 rings (SSSR count). The standard InChI is InChI=1S/C27H24N2O3/c1-3-19-10-12-21(13-11-19)28-25(30)17-29-16-23(26(31)20-7-5-4-6-8-20)27(32)22-15-18(2)9-14-24(22)29/h4-16H,3,17H2,1-2H3,(H,28,30). The lowest BCUT2D eigenvalue weighted by molar-refractivity contribution is -0.116. The molecule has 32 heavy (non-hydrogen) atoms. The van der Waals surface area contributed by atoms with E-state index in [1.807, 2.05) is 49.4 Å². The minimum Gasteiger partial charge on any atom is -0.337 e. The molecule has 5 nitrogen and oxygen atoms in total. The molecule has 3 aromatic carbocycles. The molecule has 0 bridgehead atoms. The van der Waals surface area contributed by atoms with Crippen LogP contribution in [0.5, 0.6) is 0 Å². The molecule has 4 aromatic rings. The molecule has 0 unspecified atom stereocenters. The van der Waals surface area contributed by atoms with Gasteiger partial charge in [0.2, 0.25) is 11.3 Å². The first-order valence-corrected chi connectivity index (χ1v) is 10.6. The number of carbonyl (C=O) groups excluding carboxylic acids is 2. The summed E-state index contributed by atoms with van der Waals surface area (Å²) in [5.41, 5.74) is 3.57. The number of anilines is 1. The van der Waals surface area contributed by atoms with E-state index in [4.69, 9.17) is 0 Å². The van der Waals surface area contributed by atoms with Crippen LogP contribution in [-0.4, -0.2) is 16.3 Å². The molecule has 0 fully saturated rings. The second kappa shape index (κ2) is 9.02. The topological polar surface area (TPSA) is 68.2 Å². The molecular formula is C27H24N2O3. The third-order valence-corrected chi connectivity index (χ3v) is 5.48. The van der Waals surface area contributed by atoms with Gasteiger partial charge in [0.15, 0.2) is 5.78 Å². The van der Waals surface area contributed by atoms with E-state index in [1.54, 1.807) is 34.9 Å². The molecule has 0 radical (unpaired) electrons. The fraction of sp³-hybridized carbons (Fsp3) is 0.148. The molecule has 0 saturated heterocycles. The van der Waals surface area contributed by atoms with E-state index in [9.17, 15) is 14.4 Å². The highest BCUT2D eigenvalue weighted by atomic mass is 16.2. The number of amides is 1. The van der Waals surface area contributed by atoms with Crippen molar-refractivity contribution in [2.75, 3.05) is 5.32 Å². The Balaban J connectivity index is 1.72. The van der Waals surface area contributed by atoms with Crippen molar-refractivity contribution in [3.63, 3.8) is 0 Å². The van der Waals surface area contributed by atoms with Crippen LogP contribution in [0.15, 0.2) is 83.8 Å². The molecule has 1 N–H and O–H groups in total. The minimum absolute atomic E-state index is 0.0234. The highest BCUT2D eigenvalue weighted by Gasteiger charge is 2.18. The molecular weight excluding hydrogens is 400 g/mol. The van der Waals surface area contributed by atoms with Crippen molar-refractivity contribution in [1.29, 1.82) is 0 Å². The van der Waals surface area contributed by atoms with Gasteiger partial charge in [-0.05, 0) is 43.2 Å². The Bertz CT molecular complexity index is 1350. The monoisotopic (exact) mass is 424 g/mol. The zero-order valence-corrected chi connectivity index (χ0v) is 18.1. The summed E-state index contributed by atoms with van der Waals surface area (Å²) in [6, 6.07) is 21.8. The maximum atomic E-state index is 13.2. The summed E-state index contributed by atoms with van der Waals surface area (Å²) in [6.45, 7) is 3.94. The lowest BCUT2D eigenvalue weighted by Gasteiger charge is -2.14. The zero-order valence-electron chi connectivity index (χ0n) is 18.1. The Labute approximate surface area is 186 Å². The van der Waals surface area contributed by atoms with E-state index in [1.165, 1.54) is 11.8 Å². The van der Waals surface area contributed by atoms with Crippen LogP contribution in [0.25, 0.3) is 10.9 Å². The van der Waals surface area contributed by atoms with Crippen LogP contribution in [0.4, 0.5) is 5.69 Å². The van der Waals surface area contributed by atoms with E-state index in [0.29, 0.717) is 22.2 Å². The number of ketones is 1. The molecule has 160 valence electrons. The van der Waals surface area contributed by atoms with Crippen molar-refractivity contribution in [2.45, 2.75) is 26.8 Å². The van der Waals surface area contributed by atoms with E-state index < -0.39 is 0 Å². The molecule has 0 saturated carbocycles. The summed E-state index contributed by atoms with van der Waals surface area (Å²) in [6.07, 6.45) is 2.42. The van der Waals surface area contributed by atoms with Crippen LogP contribution in [0.1, 0.15) is 34.0 Å². The van der Waals surface area contributed by atoms with Gasteiger partial charge in [-0.1, -0.05) is 61.0 Å². The van der Waals surface area contributed by atoms with E-state index >= 15 is 0 Å². The minimum atomic E-state index is -0.358. The van der Waals surface area contributed by atoms with Gasteiger partial charge in [-0.2, -0.15) is 0 Å². The van der Waals surface area contributed by atoms with Gasteiger partial charge in [0.25, 0.3) is 0 Å². The van der Waals surface area contributed by atoms with E-state index in [-0.39, 0.29) is 29.2 Å². The first-order valence-electron chi connectivity index (χ1n) is 10.6. The van der Waals surface area contributed by atoms with Crippen LogP contribution in [0.3, 0.4) is 0 Å². The van der Waals surface area contributed by atoms with Gasteiger partial charge in [0.1, 0.15) is 6.54 Å². The third kappa shape index (κ3) is 4.37. The number of hydrogen-bond donors (Lipinski definition) is 1. The average molecular weight is 425 g/mol. The summed E-state index contributed by atoms with van der Waals surface area (Å²) in [4.78, 5) is 39.0. The summed E-state index contributed by atoms with van der Waals surface area (Å²) < 4.78 is 1.67. The fourth-order valence-corrected chi connectivity index (χ4v) is 3.73. The van der Waals surface area contributed by atoms with Crippen molar-refractivity contribution in [3.05, 3.63) is 111 Å². The number of nitrogens with zero attached hydrogens (tertiary/aromatic N) is 1. The first-order chi connectivity index (χ1) is 15.5. The molecule has 0 aliphatic rings. The van der Waals surface area contributed by atoms with Gasteiger partial charge < -0.3 is 9.88 Å². The Morgan fingerprint density at radius 1 is 0.938 bits per heavy atom. The van der Waals surface area contributed by atoms with Crippen molar-refractivity contribution >= 4 is 28.3 Å². The predicted molar refractivity (Wildman–Crippen MR) is 127 cm³/mol. The van der Waals surface area contributed by atoms with Gasteiger partial charge in [0, 0.05) is 22.8 Å². The Hall–Kier alpha value is -3.99. The van der Waals surface area contributed by atoms with E-state index in [2.05, 4.69) is 12.2 Å². The molecule has 0 aliphatic carbocycles. The van der Waals surface area contributed by atoms with Crippen LogP contribution in [-0.2, 0) is 17.8 Å². The van der Waals surface area contributed by atoms with Crippen molar-refractivity contribution in [3.8, 4) is 0 Å². The molecule has 0 atom stereocenters. The Morgan fingerprint density at radius 2 is 1.66 bits per heavy atom. The average Bonchev–Trinajstić information content (AvgIpc) is 2.81. The van der Waals surface area contributed by atoms with Crippen LogP contribution >= 0.6 is 0 Å². The molecule has 1 aromatic heterocycles. The van der Waals surface area contributed by atoms with Gasteiger partial charge in [-0.25, -0.2) is 0 Å². The second-order valence-electron chi connectivity index (χ2n) is 7.81. The summed E-state index contributed by atoms with van der Waals surface area (Å²) in [5, 5.41) is 3.31. The van der Waals surface area contributed by atoms with Crippen LogP contribution in [0, 0.1) is 6.92 Å². The highest BCUT2D eigenvalue weighted by Crippen LogP contribution is 2.17. The predicted octanol–water partition coefficient (Wildman–Crippen LogP) is 4.74. The summed E-state index contributed by atoms with van der Waals surface area (Å²) in [7, 11) is 0. The Morgan fingerprint density at radius 3 is 2.34 bits per heavy atom. The number of carbonyl (C=O) groups is 2. The maximum absolute atomic E-state index is 13.2. The molecule has 1 amide bonds. The number of rotatable bonds is 6. The lowest BCUT2D eigenvalue weighted by Crippen LogP contribution is -2.24. The number of fused-ring (bicyclic) bond motifs is 1. The second-order valence-corrected chi connectivity index (χ2v) is 7.81. The number of hydrogen-bond acceptors (Lipinski definition) is 3. The number of benzene rings is 3. The maximum Gasteiger partial charge on any atom is 0.244 e. The highest BCUT2D eigenvalue weighted by molar-refractivity contribution is 6.10. The smallest absolute Gasteiger partial charge is 0.244 e. The van der Waals surface area contributed by atoms with Crippen molar-refractivity contribution in [2.24, 2.45) is 0 Å². The molecule has 0 aliphatic heterocycles. The van der Waals surface area contributed by atoms with Gasteiger partial charge in [-0.15, -0.1) is 0 Å². The summed E-state index contributed by atoms with van der Waals surface area (Å²) >= 11 is 0. The largest absolute Gasteiger partial charge is 0.337 e. The summed E-state index contributed by atoms with van der Waals surface area (Å²) in [5.74, 6) is -0.596. The third-order valence-electron chi connectivity index (χ3n) is 5.48. The van der Waals surface area contributed by atoms with Crippen LogP contribution in [0.2, 0.25) is 0 Å². The number of aromatic nitrogens is 1. The number of pyridine rings is 1. The molecule has 1 heterocycles. The quantitative estimate of drug-likeness (QED) is 0.455. The van der Waals surface area contributed by atoms with Crippen LogP contribution < -0.4 is 10.7 Å². The number of aryl methyl sites for hydroxylation is 2. The van der Waals surface area contributed by atoms with Gasteiger partial charge in [-0.3, -0.25) is 14.4 Å². The van der Waals surface area contributed by atoms with Gasteiger partial charge in [0.05, 0.1) is 11.1 Å².